The molecule has 1 aromatic carbocycles. The average Bonchev–Trinajstić information content (AvgIpc) is 2.30. The van der Waals surface area contributed by atoms with Gasteiger partial charge in [-0.05, 0) is 17.7 Å². The molecule has 3 nitrogen and oxygen atoms in total. The van der Waals surface area contributed by atoms with Crippen LogP contribution in [0.25, 0.3) is 0 Å². The monoisotopic (exact) mass is 235 g/mol. The van der Waals surface area contributed by atoms with Crippen molar-refractivity contribution >= 4 is 0 Å². The van der Waals surface area contributed by atoms with Crippen molar-refractivity contribution in [2.45, 2.75) is 39.0 Å². The van der Waals surface area contributed by atoms with Gasteiger partial charge in [0.2, 0.25) is 0 Å². The molecule has 1 aliphatic rings. The second-order valence-corrected chi connectivity index (χ2v) is 5.35. The standard InChI is InChI=1S/C14H21NO2/c1-14(2)12(15)8-13(14)17-11-6-4-5-10(7-11)9-16-3/h4-7,12-13H,8-9,15H2,1-3H3. The highest BCUT2D eigenvalue weighted by atomic mass is 16.5. The highest BCUT2D eigenvalue weighted by molar-refractivity contribution is 5.29. The Morgan fingerprint density at radius 1 is 1.41 bits per heavy atom. The van der Waals surface area contributed by atoms with Crippen molar-refractivity contribution in [1.29, 1.82) is 0 Å². The zero-order chi connectivity index (χ0) is 12.5. The molecule has 0 spiro atoms. The summed E-state index contributed by atoms with van der Waals surface area (Å²) in [4.78, 5) is 0. The van der Waals surface area contributed by atoms with Gasteiger partial charge in [0.1, 0.15) is 11.9 Å². The van der Waals surface area contributed by atoms with Gasteiger partial charge in [-0.15, -0.1) is 0 Å². The van der Waals surface area contributed by atoms with Crippen LogP contribution in [-0.4, -0.2) is 19.3 Å². The predicted octanol–water partition coefficient (Wildman–Crippen LogP) is 2.34. The molecule has 17 heavy (non-hydrogen) atoms. The third kappa shape index (κ3) is 2.45. The van der Waals surface area contributed by atoms with E-state index in [4.69, 9.17) is 15.2 Å². The maximum absolute atomic E-state index is 5.99. The fraction of sp³-hybridized carbons (Fsp3) is 0.571. The Morgan fingerprint density at radius 2 is 2.18 bits per heavy atom. The minimum atomic E-state index is 0.0667. The largest absolute Gasteiger partial charge is 0.490 e. The normalized spacial score (nSPS) is 26.4. The second-order valence-electron chi connectivity index (χ2n) is 5.35. The van der Waals surface area contributed by atoms with E-state index in [2.05, 4.69) is 13.8 Å². The van der Waals surface area contributed by atoms with Gasteiger partial charge in [-0.2, -0.15) is 0 Å². The summed E-state index contributed by atoms with van der Waals surface area (Å²) in [6, 6.07) is 8.29. The summed E-state index contributed by atoms with van der Waals surface area (Å²) in [7, 11) is 1.70. The van der Waals surface area contributed by atoms with E-state index in [9.17, 15) is 0 Å². The fourth-order valence-corrected chi connectivity index (χ4v) is 2.16. The highest BCUT2D eigenvalue weighted by Crippen LogP contribution is 2.41. The Balaban J connectivity index is 2.02. The molecule has 1 fully saturated rings. The molecule has 1 saturated carbocycles. The highest BCUT2D eigenvalue weighted by Gasteiger charge is 2.47. The number of hydrogen-bond donors (Lipinski definition) is 1. The Kier molecular flexibility index (Phi) is 3.40. The van der Waals surface area contributed by atoms with Crippen LogP contribution in [0.15, 0.2) is 24.3 Å². The number of hydrogen-bond acceptors (Lipinski definition) is 3. The van der Waals surface area contributed by atoms with Gasteiger partial charge in [0, 0.05) is 25.0 Å². The summed E-state index contributed by atoms with van der Waals surface area (Å²) < 4.78 is 11.1. The molecule has 2 atom stereocenters. The summed E-state index contributed by atoms with van der Waals surface area (Å²) in [5.74, 6) is 0.907. The molecule has 0 aromatic heterocycles. The van der Waals surface area contributed by atoms with E-state index in [1.54, 1.807) is 7.11 Å². The van der Waals surface area contributed by atoms with Gasteiger partial charge in [0.05, 0.1) is 6.61 Å². The predicted molar refractivity (Wildman–Crippen MR) is 67.9 cm³/mol. The molecule has 1 aromatic rings. The van der Waals surface area contributed by atoms with Crippen LogP contribution in [0.2, 0.25) is 0 Å². The minimum Gasteiger partial charge on any atom is -0.490 e. The molecular formula is C14H21NO2. The van der Waals surface area contributed by atoms with Gasteiger partial charge in [0.15, 0.2) is 0 Å². The van der Waals surface area contributed by atoms with Crippen LogP contribution in [-0.2, 0) is 11.3 Å². The maximum atomic E-state index is 5.99. The molecule has 2 unspecified atom stereocenters. The van der Waals surface area contributed by atoms with Crippen LogP contribution < -0.4 is 10.5 Å². The van der Waals surface area contributed by atoms with Crippen LogP contribution in [0.1, 0.15) is 25.8 Å². The van der Waals surface area contributed by atoms with Crippen molar-refractivity contribution < 1.29 is 9.47 Å². The lowest BCUT2D eigenvalue weighted by atomic mass is 9.65. The van der Waals surface area contributed by atoms with Gasteiger partial charge in [0.25, 0.3) is 0 Å². The Bertz CT molecular complexity index is 390. The molecular weight excluding hydrogens is 214 g/mol. The average molecular weight is 235 g/mol. The van der Waals surface area contributed by atoms with Gasteiger partial charge in [-0.1, -0.05) is 26.0 Å². The summed E-state index contributed by atoms with van der Waals surface area (Å²) in [5, 5.41) is 0. The quantitative estimate of drug-likeness (QED) is 0.871. The molecule has 0 radical (unpaired) electrons. The second kappa shape index (κ2) is 4.67. The fourth-order valence-electron chi connectivity index (χ4n) is 2.16. The summed E-state index contributed by atoms with van der Waals surface area (Å²) in [6.07, 6.45) is 1.15. The smallest absolute Gasteiger partial charge is 0.120 e. The van der Waals surface area contributed by atoms with E-state index < -0.39 is 0 Å². The third-order valence-corrected chi connectivity index (χ3v) is 3.74. The van der Waals surface area contributed by atoms with E-state index >= 15 is 0 Å². The molecule has 0 amide bonds. The molecule has 0 bridgehead atoms. The number of benzene rings is 1. The van der Waals surface area contributed by atoms with E-state index in [-0.39, 0.29) is 17.6 Å². The number of nitrogens with two attached hydrogens (primary N) is 1. The number of ether oxygens (including phenoxy) is 2. The number of rotatable bonds is 4. The van der Waals surface area contributed by atoms with Crippen molar-refractivity contribution in [3.8, 4) is 5.75 Å². The summed E-state index contributed by atoms with van der Waals surface area (Å²) >= 11 is 0. The van der Waals surface area contributed by atoms with Crippen molar-refractivity contribution in [2.75, 3.05) is 7.11 Å². The van der Waals surface area contributed by atoms with Crippen molar-refractivity contribution in [3.63, 3.8) is 0 Å². The zero-order valence-electron chi connectivity index (χ0n) is 10.8. The molecule has 2 N–H and O–H groups in total. The molecule has 94 valence electrons. The molecule has 0 heterocycles. The van der Waals surface area contributed by atoms with Gasteiger partial charge in [-0.25, -0.2) is 0 Å². The zero-order valence-corrected chi connectivity index (χ0v) is 10.8. The Morgan fingerprint density at radius 3 is 2.76 bits per heavy atom. The molecule has 0 saturated heterocycles. The molecule has 2 rings (SSSR count). The Hall–Kier alpha value is -1.06. The lowest BCUT2D eigenvalue weighted by Gasteiger charge is -2.49. The van der Waals surface area contributed by atoms with E-state index in [0.717, 1.165) is 17.7 Å². The van der Waals surface area contributed by atoms with Gasteiger partial charge in [-0.3, -0.25) is 0 Å². The first-order chi connectivity index (χ1) is 8.04. The summed E-state index contributed by atoms with van der Waals surface area (Å²) in [6.45, 7) is 4.93. The number of methoxy groups -OCH3 is 1. The van der Waals surface area contributed by atoms with E-state index in [1.807, 2.05) is 24.3 Å². The first kappa shape index (κ1) is 12.4. The molecule has 1 aliphatic carbocycles. The lowest BCUT2D eigenvalue weighted by molar-refractivity contribution is -0.0400. The van der Waals surface area contributed by atoms with Crippen molar-refractivity contribution in [1.82, 2.24) is 0 Å². The molecule has 0 aliphatic heterocycles. The topological polar surface area (TPSA) is 44.5 Å². The first-order valence-electron chi connectivity index (χ1n) is 6.04. The maximum Gasteiger partial charge on any atom is 0.120 e. The Labute approximate surface area is 103 Å². The van der Waals surface area contributed by atoms with E-state index in [1.165, 1.54) is 0 Å². The minimum absolute atomic E-state index is 0.0667. The van der Waals surface area contributed by atoms with Crippen LogP contribution in [0.3, 0.4) is 0 Å². The van der Waals surface area contributed by atoms with Crippen molar-refractivity contribution in [3.05, 3.63) is 29.8 Å². The van der Waals surface area contributed by atoms with Gasteiger partial charge < -0.3 is 15.2 Å². The first-order valence-corrected chi connectivity index (χ1v) is 6.04. The lowest BCUT2D eigenvalue weighted by Crippen LogP contribution is -2.60. The van der Waals surface area contributed by atoms with Gasteiger partial charge >= 0.3 is 0 Å². The van der Waals surface area contributed by atoms with Crippen LogP contribution >= 0.6 is 0 Å². The van der Waals surface area contributed by atoms with E-state index in [0.29, 0.717) is 6.61 Å². The third-order valence-electron chi connectivity index (χ3n) is 3.74. The SMILES string of the molecule is COCc1cccc(OC2CC(N)C2(C)C)c1. The van der Waals surface area contributed by atoms with Crippen LogP contribution in [0.4, 0.5) is 0 Å². The van der Waals surface area contributed by atoms with Crippen molar-refractivity contribution in [2.24, 2.45) is 11.1 Å². The van der Waals surface area contributed by atoms with Crippen LogP contribution in [0, 0.1) is 5.41 Å². The molecule has 3 heteroatoms. The van der Waals surface area contributed by atoms with Crippen LogP contribution in [0.5, 0.6) is 5.75 Å². The summed E-state index contributed by atoms with van der Waals surface area (Å²) in [5.41, 5.74) is 7.18.